The highest BCUT2D eigenvalue weighted by atomic mass is 79.9. The van der Waals surface area contributed by atoms with Gasteiger partial charge in [-0.3, -0.25) is 4.79 Å². The first-order chi connectivity index (χ1) is 6.98. The van der Waals surface area contributed by atoms with E-state index >= 15 is 0 Å². The highest BCUT2D eigenvalue weighted by molar-refractivity contribution is 9.10. The smallest absolute Gasteiger partial charge is 0.153 e. The third kappa shape index (κ3) is 3.34. The number of ether oxygens (including phenoxy) is 1. The average molecular weight is 271 g/mol. The molecule has 0 saturated carbocycles. The van der Waals surface area contributed by atoms with Crippen LogP contribution in [-0.2, 0) is 0 Å². The molecule has 2 nitrogen and oxygen atoms in total. The fourth-order valence-corrected chi connectivity index (χ4v) is 1.45. The Morgan fingerprint density at radius 3 is 2.67 bits per heavy atom. The molecule has 0 aromatic heterocycles. The van der Waals surface area contributed by atoms with Gasteiger partial charge in [0.05, 0.1) is 5.56 Å². The highest BCUT2D eigenvalue weighted by Gasteiger charge is 2.18. The van der Waals surface area contributed by atoms with Crippen LogP contribution in [-0.4, -0.2) is 11.9 Å². The van der Waals surface area contributed by atoms with Gasteiger partial charge < -0.3 is 4.74 Å². The van der Waals surface area contributed by atoms with Crippen molar-refractivity contribution in [2.45, 2.75) is 32.8 Å². The van der Waals surface area contributed by atoms with Gasteiger partial charge in [-0.05, 0) is 38.5 Å². The molecule has 1 aromatic rings. The van der Waals surface area contributed by atoms with Crippen LogP contribution in [0.15, 0.2) is 22.7 Å². The molecule has 82 valence electrons. The SMILES string of the molecule is CCC(C)(C)Oc1ccc(Br)cc1C=O. The highest BCUT2D eigenvalue weighted by Crippen LogP contribution is 2.26. The van der Waals surface area contributed by atoms with Crippen LogP contribution in [0.4, 0.5) is 0 Å². The summed E-state index contributed by atoms with van der Waals surface area (Å²) in [7, 11) is 0. The molecule has 3 heteroatoms. The maximum absolute atomic E-state index is 10.9. The number of halogens is 1. The van der Waals surface area contributed by atoms with E-state index in [1.165, 1.54) is 0 Å². The van der Waals surface area contributed by atoms with Crippen LogP contribution < -0.4 is 4.74 Å². The molecular weight excluding hydrogens is 256 g/mol. The van der Waals surface area contributed by atoms with Crippen molar-refractivity contribution in [2.75, 3.05) is 0 Å². The first-order valence-corrected chi connectivity index (χ1v) is 5.71. The summed E-state index contributed by atoms with van der Waals surface area (Å²) in [5.74, 6) is 0.639. The Bertz CT molecular complexity index is 359. The Hall–Kier alpha value is -0.830. The molecule has 15 heavy (non-hydrogen) atoms. The van der Waals surface area contributed by atoms with Crippen molar-refractivity contribution in [2.24, 2.45) is 0 Å². The molecule has 0 saturated heterocycles. The Morgan fingerprint density at radius 2 is 2.13 bits per heavy atom. The average Bonchev–Trinajstić information content (AvgIpc) is 2.20. The zero-order valence-corrected chi connectivity index (χ0v) is 10.8. The Labute approximate surface area is 98.8 Å². The second-order valence-corrected chi connectivity index (χ2v) is 4.93. The Balaban J connectivity index is 2.99. The molecule has 0 unspecified atom stereocenters. The molecule has 0 radical (unpaired) electrons. The zero-order valence-electron chi connectivity index (χ0n) is 9.21. The monoisotopic (exact) mass is 270 g/mol. The summed E-state index contributed by atoms with van der Waals surface area (Å²) in [6.45, 7) is 6.06. The number of carbonyl (C=O) groups is 1. The summed E-state index contributed by atoms with van der Waals surface area (Å²) in [6, 6.07) is 5.44. The van der Waals surface area contributed by atoms with E-state index in [4.69, 9.17) is 4.74 Å². The predicted octanol–water partition coefficient (Wildman–Crippen LogP) is 3.83. The fourth-order valence-electron chi connectivity index (χ4n) is 1.07. The van der Waals surface area contributed by atoms with Gasteiger partial charge in [-0.1, -0.05) is 22.9 Å². The van der Waals surface area contributed by atoms with Crippen LogP contribution in [0.2, 0.25) is 0 Å². The molecule has 0 atom stereocenters. The molecule has 0 N–H and O–H groups in total. The minimum atomic E-state index is -0.244. The van der Waals surface area contributed by atoms with E-state index < -0.39 is 0 Å². The number of benzene rings is 1. The normalized spacial score (nSPS) is 11.2. The van der Waals surface area contributed by atoms with Crippen molar-refractivity contribution in [3.05, 3.63) is 28.2 Å². The van der Waals surface area contributed by atoms with Gasteiger partial charge in [-0.15, -0.1) is 0 Å². The van der Waals surface area contributed by atoms with E-state index in [0.717, 1.165) is 17.2 Å². The molecule has 0 spiro atoms. The van der Waals surface area contributed by atoms with Crippen molar-refractivity contribution < 1.29 is 9.53 Å². The lowest BCUT2D eigenvalue weighted by molar-refractivity contribution is 0.100. The van der Waals surface area contributed by atoms with Gasteiger partial charge in [0.15, 0.2) is 6.29 Å². The summed E-state index contributed by atoms with van der Waals surface area (Å²) < 4.78 is 6.66. The minimum Gasteiger partial charge on any atom is -0.487 e. The lowest BCUT2D eigenvalue weighted by Crippen LogP contribution is -2.27. The van der Waals surface area contributed by atoms with E-state index in [2.05, 4.69) is 22.9 Å². The predicted molar refractivity (Wildman–Crippen MR) is 64.5 cm³/mol. The molecule has 0 bridgehead atoms. The molecule has 0 amide bonds. The number of hydrogen-bond acceptors (Lipinski definition) is 2. The van der Waals surface area contributed by atoms with Crippen LogP contribution >= 0.6 is 15.9 Å². The van der Waals surface area contributed by atoms with Crippen LogP contribution in [0.25, 0.3) is 0 Å². The lowest BCUT2D eigenvalue weighted by atomic mass is 10.1. The van der Waals surface area contributed by atoms with Gasteiger partial charge in [0.25, 0.3) is 0 Å². The van der Waals surface area contributed by atoms with Crippen LogP contribution in [0.1, 0.15) is 37.6 Å². The van der Waals surface area contributed by atoms with Crippen LogP contribution in [0.3, 0.4) is 0 Å². The summed E-state index contributed by atoms with van der Waals surface area (Å²) in [6.07, 6.45) is 1.70. The van der Waals surface area contributed by atoms with Gasteiger partial charge in [-0.2, -0.15) is 0 Å². The summed E-state index contributed by atoms with van der Waals surface area (Å²) in [4.78, 5) is 10.9. The first kappa shape index (κ1) is 12.2. The molecule has 1 rings (SSSR count). The zero-order chi connectivity index (χ0) is 11.5. The van der Waals surface area contributed by atoms with Gasteiger partial charge in [0, 0.05) is 4.47 Å². The fraction of sp³-hybridized carbons (Fsp3) is 0.417. The topological polar surface area (TPSA) is 26.3 Å². The van der Waals surface area contributed by atoms with E-state index in [-0.39, 0.29) is 5.60 Å². The molecule has 1 aromatic carbocycles. The number of aldehydes is 1. The van der Waals surface area contributed by atoms with Crippen molar-refractivity contribution in [3.8, 4) is 5.75 Å². The van der Waals surface area contributed by atoms with E-state index in [0.29, 0.717) is 11.3 Å². The summed E-state index contributed by atoms with van der Waals surface area (Å²) in [5.41, 5.74) is 0.330. The van der Waals surface area contributed by atoms with Gasteiger partial charge in [0.1, 0.15) is 11.4 Å². The van der Waals surface area contributed by atoms with Crippen molar-refractivity contribution in [1.82, 2.24) is 0 Å². The van der Waals surface area contributed by atoms with Gasteiger partial charge in [0.2, 0.25) is 0 Å². The maximum Gasteiger partial charge on any atom is 0.153 e. The quantitative estimate of drug-likeness (QED) is 0.778. The number of hydrogen-bond donors (Lipinski definition) is 0. The lowest BCUT2D eigenvalue weighted by Gasteiger charge is -2.25. The molecule has 0 aliphatic carbocycles. The van der Waals surface area contributed by atoms with E-state index in [9.17, 15) is 4.79 Å². The van der Waals surface area contributed by atoms with E-state index in [1.54, 1.807) is 6.07 Å². The first-order valence-electron chi connectivity index (χ1n) is 4.92. The molecule has 0 aliphatic heterocycles. The van der Waals surface area contributed by atoms with Gasteiger partial charge >= 0.3 is 0 Å². The third-order valence-corrected chi connectivity index (χ3v) is 2.83. The van der Waals surface area contributed by atoms with Gasteiger partial charge in [-0.25, -0.2) is 0 Å². The molecule has 0 heterocycles. The number of rotatable bonds is 4. The maximum atomic E-state index is 10.9. The second kappa shape index (κ2) is 4.79. The summed E-state index contributed by atoms with van der Waals surface area (Å²) in [5, 5.41) is 0. The largest absolute Gasteiger partial charge is 0.487 e. The number of carbonyl (C=O) groups excluding carboxylic acids is 1. The Kier molecular flexibility index (Phi) is 3.91. The third-order valence-electron chi connectivity index (χ3n) is 2.34. The minimum absolute atomic E-state index is 0.244. The Morgan fingerprint density at radius 1 is 1.47 bits per heavy atom. The van der Waals surface area contributed by atoms with Crippen molar-refractivity contribution in [3.63, 3.8) is 0 Å². The second-order valence-electron chi connectivity index (χ2n) is 4.02. The van der Waals surface area contributed by atoms with Crippen molar-refractivity contribution >= 4 is 22.2 Å². The van der Waals surface area contributed by atoms with Crippen LogP contribution in [0.5, 0.6) is 5.75 Å². The molecule has 0 aliphatic rings. The van der Waals surface area contributed by atoms with Crippen molar-refractivity contribution in [1.29, 1.82) is 0 Å². The molecular formula is C12H15BrO2. The standard InChI is InChI=1S/C12H15BrO2/c1-4-12(2,3)15-11-6-5-10(13)7-9(11)8-14/h5-8H,4H2,1-3H3. The van der Waals surface area contributed by atoms with E-state index in [1.807, 2.05) is 26.0 Å². The van der Waals surface area contributed by atoms with Crippen LogP contribution in [0, 0.1) is 0 Å². The summed E-state index contributed by atoms with van der Waals surface area (Å²) >= 11 is 3.32. The molecule has 0 fully saturated rings.